The number of ether oxygens (including phenoxy) is 1. The lowest BCUT2D eigenvalue weighted by Crippen LogP contribution is -2.20. The fourth-order valence-corrected chi connectivity index (χ4v) is 2.41. The van der Waals surface area contributed by atoms with Gasteiger partial charge in [-0.15, -0.1) is 0 Å². The number of rotatable bonds is 8. The van der Waals surface area contributed by atoms with E-state index in [9.17, 15) is 4.79 Å². The molecule has 0 unspecified atom stereocenters. The van der Waals surface area contributed by atoms with Gasteiger partial charge in [0.15, 0.2) is 0 Å². The van der Waals surface area contributed by atoms with E-state index in [1.165, 1.54) is 0 Å². The Kier molecular flexibility index (Phi) is 6.44. The molecular weight excluding hydrogens is 314 g/mol. The van der Waals surface area contributed by atoms with Gasteiger partial charge in [0.25, 0.3) is 0 Å². The molecular formula is C18H20ClNO3. The van der Waals surface area contributed by atoms with Crippen molar-refractivity contribution >= 4 is 17.6 Å². The molecule has 0 saturated carbocycles. The van der Waals surface area contributed by atoms with Crippen molar-refractivity contribution in [2.45, 2.75) is 13.0 Å². The molecule has 122 valence electrons. The molecule has 5 heteroatoms. The van der Waals surface area contributed by atoms with Crippen LogP contribution in [0.2, 0.25) is 5.02 Å². The van der Waals surface area contributed by atoms with Crippen LogP contribution < -0.4 is 4.74 Å². The number of halogens is 1. The zero-order chi connectivity index (χ0) is 16.7. The van der Waals surface area contributed by atoms with E-state index in [0.29, 0.717) is 17.2 Å². The summed E-state index contributed by atoms with van der Waals surface area (Å²) in [7, 11) is 2.03. The smallest absolute Gasteiger partial charge is 0.335 e. The Morgan fingerprint density at radius 3 is 2.61 bits per heavy atom. The van der Waals surface area contributed by atoms with Crippen molar-refractivity contribution in [3.63, 3.8) is 0 Å². The zero-order valence-electron chi connectivity index (χ0n) is 13.0. The lowest BCUT2D eigenvalue weighted by Gasteiger charge is -2.17. The number of carboxylic acid groups (broad SMARTS) is 1. The third-order valence-corrected chi connectivity index (χ3v) is 3.64. The summed E-state index contributed by atoms with van der Waals surface area (Å²) in [6.45, 7) is 2.29. The molecule has 0 radical (unpaired) electrons. The van der Waals surface area contributed by atoms with Gasteiger partial charge in [0.1, 0.15) is 5.75 Å². The van der Waals surface area contributed by atoms with Crippen molar-refractivity contribution in [2.24, 2.45) is 0 Å². The van der Waals surface area contributed by atoms with E-state index in [2.05, 4.69) is 4.90 Å². The van der Waals surface area contributed by atoms with Gasteiger partial charge in [-0.05, 0) is 49.4 Å². The summed E-state index contributed by atoms with van der Waals surface area (Å²) < 4.78 is 5.65. The molecule has 4 nitrogen and oxygen atoms in total. The fraction of sp³-hybridized carbons (Fsp3) is 0.278. The molecule has 2 rings (SSSR count). The van der Waals surface area contributed by atoms with E-state index in [1.807, 2.05) is 37.4 Å². The van der Waals surface area contributed by atoms with Crippen LogP contribution in [0, 0.1) is 0 Å². The monoisotopic (exact) mass is 333 g/mol. The molecule has 0 amide bonds. The van der Waals surface area contributed by atoms with Crippen LogP contribution in [0.25, 0.3) is 0 Å². The highest BCUT2D eigenvalue weighted by Crippen LogP contribution is 2.17. The van der Waals surface area contributed by atoms with Crippen molar-refractivity contribution in [3.8, 4) is 5.75 Å². The molecule has 0 aliphatic rings. The number of carbonyl (C=O) groups is 1. The molecule has 23 heavy (non-hydrogen) atoms. The molecule has 0 heterocycles. The molecule has 0 aliphatic carbocycles. The van der Waals surface area contributed by atoms with Gasteiger partial charge in [-0.25, -0.2) is 4.79 Å². The topological polar surface area (TPSA) is 49.8 Å². The van der Waals surface area contributed by atoms with Gasteiger partial charge in [0.05, 0.1) is 12.2 Å². The van der Waals surface area contributed by atoms with Gasteiger partial charge in [0, 0.05) is 18.1 Å². The SMILES string of the molecule is CN(CCCOc1cccc(Cl)c1)Cc1ccc(C(=O)O)cc1. The Balaban J connectivity index is 1.70. The van der Waals surface area contributed by atoms with E-state index in [-0.39, 0.29) is 0 Å². The molecule has 0 spiro atoms. The average Bonchev–Trinajstić information content (AvgIpc) is 2.52. The van der Waals surface area contributed by atoms with Gasteiger partial charge >= 0.3 is 5.97 Å². The van der Waals surface area contributed by atoms with E-state index < -0.39 is 5.97 Å². The van der Waals surface area contributed by atoms with Crippen LogP contribution in [0.4, 0.5) is 0 Å². The van der Waals surface area contributed by atoms with Crippen LogP contribution in [0.5, 0.6) is 5.75 Å². The predicted octanol–water partition coefficient (Wildman–Crippen LogP) is 3.94. The van der Waals surface area contributed by atoms with Gasteiger partial charge in [0.2, 0.25) is 0 Å². The minimum Gasteiger partial charge on any atom is -0.493 e. The number of nitrogens with zero attached hydrogens (tertiary/aromatic N) is 1. The lowest BCUT2D eigenvalue weighted by molar-refractivity contribution is 0.0697. The Hall–Kier alpha value is -2.04. The Morgan fingerprint density at radius 2 is 1.96 bits per heavy atom. The number of aromatic carboxylic acids is 1. The Morgan fingerprint density at radius 1 is 1.22 bits per heavy atom. The maximum atomic E-state index is 10.8. The minimum absolute atomic E-state index is 0.311. The molecule has 1 N–H and O–H groups in total. The quantitative estimate of drug-likeness (QED) is 0.743. The highest BCUT2D eigenvalue weighted by Gasteiger charge is 2.04. The lowest BCUT2D eigenvalue weighted by atomic mass is 10.1. The average molecular weight is 334 g/mol. The molecule has 2 aromatic carbocycles. The van der Waals surface area contributed by atoms with Crippen molar-refractivity contribution in [1.82, 2.24) is 4.90 Å². The van der Waals surface area contributed by atoms with Crippen LogP contribution in [0.1, 0.15) is 22.3 Å². The molecule has 2 aromatic rings. The Bertz CT molecular complexity index is 643. The number of carboxylic acids is 1. The van der Waals surface area contributed by atoms with Crippen LogP contribution in [-0.4, -0.2) is 36.2 Å². The number of hydrogen-bond donors (Lipinski definition) is 1. The van der Waals surface area contributed by atoms with Gasteiger partial charge in [-0.3, -0.25) is 0 Å². The van der Waals surface area contributed by atoms with Crippen LogP contribution in [0.15, 0.2) is 48.5 Å². The minimum atomic E-state index is -0.900. The third-order valence-electron chi connectivity index (χ3n) is 3.40. The highest BCUT2D eigenvalue weighted by atomic mass is 35.5. The zero-order valence-corrected chi connectivity index (χ0v) is 13.8. The summed E-state index contributed by atoms with van der Waals surface area (Å²) in [5.41, 5.74) is 1.40. The first-order valence-corrected chi connectivity index (χ1v) is 7.81. The van der Waals surface area contributed by atoms with Crippen molar-refractivity contribution in [3.05, 3.63) is 64.7 Å². The molecule has 0 atom stereocenters. The normalized spacial score (nSPS) is 10.7. The summed E-state index contributed by atoms with van der Waals surface area (Å²) in [6, 6.07) is 14.3. The second-order valence-corrected chi connectivity index (χ2v) is 5.84. The standard InChI is InChI=1S/C18H20ClNO3/c1-20(13-14-6-8-15(9-7-14)18(21)22)10-3-11-23-17-5-2-4-16(19)12-17/h2,4-9,12H,3,10-11,13H2,1H3,(H,21,22). The molecule has 0 aromatic heterocycles. The van der Waals surface area contributed by atoms with E-state index in [1.54, 1.807) is 18.2 Å². The molecule has 0 aliphatic heterocycles. The Labute approximate surface area is 141 Å². The van der Waals surface area contributed by atoms with Gasteiger partial charge in [-0.2, -0.15) is 0 Å². The van der Waals surface area contributed by atoms with Crippen LogP contribution in [0.3, 0.4) is 0 Å². The first-order valence-electron chi connectivity index (χ1n) is 7.44. The number of benzene rings is 2. The van der Waals surface area contributed by atoms with Crippen LogP contribution >= 0.6 is 11.6 Å². The van der Waals surface area contributed by atoms with Gasteiger partial charge in [-0.1, -0.05) is 29.8 Å². The predicted molar refractivity (Wildman–Crippen MR) is 91.3 cm³/mol. The first kappa shape index (κ1) is 17.3. The first-order chi connectivity index (χ1) is 11.0. The largest absolute Gasteiger partial charge is 0.493 e. The van der Waals surface area contributed by atoms with Crippen molar-refractivity contribution in [1.29, 1.82) is 0 Å². The second-order valence-electron chi connectivity index (χ2n) is 5.40. The van der Waals surface area contributed by atoms with E-state index in [4.69, 9.17) is 21.4 Å². The van der Waals surface area contributed by atoms with Gasteiger partial charge < -0.3 is 14.7 Å². The second kappa shape index (κ2) is 8.56. The molecule has 0 bridgehead atoms. The number of hydrogen-bond acceptors (Lipinski definition) is 3. The van der Waals surface area contributed by atoms with E-state index >= 15 is 0 Å². The summed E-state index contributed by atoms with van der Waals surface area (Å²) >= 11 is 5.90. The maximum absolute atomic E-state index is 10.8. The molecule has 0 fully saturated rings. The summed E-state index contributed by atoms with van der Waals surface area (Å²) in [5.74, 6) is -0.118. The summed E-state index contributed by atoms with van der Waals surface area (Å²) in [4.78, 5) is 13.0. The van der Waals surface area contributed by atoms with Crippen molar-refractivity contribution in [2.75, 3.05) is 20.2 Å². The summed E-state index contributed by atoms with van der Waals surface area (Å²) in [5, 5.41) is 9.55. The van der Waals surface area contributed by atoms with Crippen molar-refractivity contribution < 1.29 is 14.6 Å². The highest BCUT2D eigenvalue weighted by molar-refractivity contribution is 6.30. The van der Waals surface area contributed by atoms with E-state index in [0.717, 1.165) is 30.8 Å². The fourth-order valence-electron chi connectivity index (χ4n) is 2.22. The van der Waals surface area contributed by atoms with Crippen LogP contribution in [-0.2, 0) is 6.54 Å². The maximum Gasteiger partial charge on any atom is 0.335 e. The third kappa shape index (κ3) is 5.93. The molecule has 0 saturated heterocycles. The summed E-state index contributed by atoms with van der Waals surface area (Å²) in [6.07, 6.45) is 0.899.